The number of carbonyl (C=O) groups excluding carboxylic acids is 1. The van der Waals surface area contributed by atoms with Gasteiger partial charge >= 0.3 is 0 Å². The molecule has 2 N–H and O–H groups in total. The van der Waals surface area contributed by atoms with Crippen LogP contribution in [0.15, 0.2) is 30.5 Å². The fourth-order valence-corrected chi connectivity index (χ4v) is 3.38. The predicted octanol–water partition coefficient (Wildman–Crippen LogP) is 3.54. The van der Waals surface area contributed by atoms with Crippen molar-refractivity contribution in [1.82, 2.24) is 4.98 Å². The van der Waals surface area contributed by atoms with Gasteiger partial charge in [-0.25, -0.2) is 4.39 Å². The van der Waals surface area contributed by atoms with E-state index in [1.54, 1.807) is 6.20 Å². The van der Waals surface area contributed by atoms with Crippen LogP contribution in [0.2, 0.25) is 0 Å². The van der Waals surface area contributed by atoms with E-state index in [1.807, 2.05) is 13.0 Å². The quantitative estimate of drug-likeness (QED) is 0.815. The summed E-state index contributed by atoms with van der Waals surface area (Å²) in [4.78, 5) is 16.2. The number of hydrogen-bond acceptors (Lipinski definition) is 5. The largest absolute Gasteiger partial charge is 0.494 e. The van der Waals surface area contributed by atoms with Crippen LogP contribution in [0.25, 0.3) is 0 Å². The van der Waals surface area contributed by atoms with E-state index in [9.17, 15) is 18.7 Å². The first-order valence-electron chi connectivity index (χ1n) is 9.50. The molecule has 1 amide bonds. The minimum Gasteiger partial charge on any atom is -0.494 e. The molecule has 4 rings (SSSR count). The minimum atomic E-state index is -0.940. The standard InChI is InChI=1S/C14H18N2O3.C7H6F2O/c1-8-2-5-12(19-8)14(18)16-10-6-9-3-4-11(17)13(9)15-7-10;1-10-6-4-2-3-5(8)7(6)9/h6-8,11-12,17H,2-5H2,1H3,(H,16,18);2-4H,1H3. The summed E-state index contributed by atoms with van der Waals surface area (Å²) >= 11 is 0. The van der Waals surface area contributed by atoms with Crippen LogP contribution in [0.5, 0.6) is 5.75 Å². The summed E-state index contributed by atoms with van der Waals surface area (Å²) in [5.41, 5.74) is 2.44. The molecule has 156 valence electrons. The van der Waals surface area contributed by atoms with E-state index < -0.39 is 17.7 Å². The number of methoxy groups -OCH3 is 1. The van der Waals surface area contributed by atoms with Gasteiger partial charge in [0.05, 0.1) is 36.9 Å². The van der Waals surface area contributed by atoms with E-state index in [1.165, 1.54) is 19.2 Å². The number of nitrogens with one attached hydrogen (secondary N) is 1. The zero-order valence-electron chi connectivity index (χ0n) is 16.3. The van der Waals surface area contributed by atoms with Crippen molar-refractivity contribution >= 4 is 11.6 Å². The van der Waals surface area contributed by atoms with Crippen LogP contribution in [0.3, 0.4) is 0 Å². The van der Waals surface area contributed by atoms with Crippen molar-refractivity contribution < 1.29 is 28.2 Å². The number of aliphatic hydroxyl groups is 1. The van der Waals surface area contributed by atoms with Crippen LogP contribution in [0, 0.1) is 11.6 Å². The number of anilines is 1. The molecule has 2 heterocycles. The molecule has 3 unspecified atom stereocenters. The number of hydrogen-bond donors (Lipinski definition) is 2. The molecular formula is C21H24F2N2O4. The van der Waals surface area contributed by atoms with Gasteiger partial charge in [-0.05, 0) is 56.4 Å². The molecule has 1 aliphatic heterocycles. The molecule has 0 radical (unpaired) electrons. The smallest absolute Gasteiger partial charge is 0.253 e. The lowest BCUT2D eigenvalue weighted by atomic mass is 10.2. The number of fused-ring (bicyclic) bond motifs is 1. The van der Waals surface area contributed by atoms with Crippen molar-refractivity contribution in [2.75, 3.05) is 12.4 Å². The van der Waals surface area contributed by atoms with Gasteiger partial charge in [0.15, 0.2) is 11.6 Å². The second-order valence-corrected chi connectivity index (χ2v) is 7.08. The van der Waals surface area contributed by atoms with E-state index >= 15 is 0 Å². The zero-order chi connectivity index (χ0) is 21.0. The SMILES string of the molecule is CC1CCC(C(=O)Nc2cnc3c(c2)CCC3O)O1.COc1cccc(F)c1F. The topological polar surface area (TPSA) is 80.7 Å². The van der Waals surface area contributed by atoms with Crippen molar-refractivity contribution in [1.29, 1.82) is 0 Å². The third-order valence-corrected chi connectivity index (χ3v) is 4.93. The van der Waals surface area contributed by atoms with Gasteiger partial charge in [0.2, 0.25) is 5.82 Å². The van der Waals surface area contributed by atoms with Crippen molar-refractivity contribution in [3.63, 3.8) is 0 Å². The summed E-state index contributed by atoms with van der Waals surface area (Å²) in [6.07, 6.45) is 4.16. The normalized spacial score (nSPS) is 22.4. The molecule has 6 nitrogen and oxygen atoms in total. The lowest BCUT2D eigenvalue weighted by molar-refractivity contribution is -0.126. The fraction of sp³-hybridized carbons (Fsp3) is 0.429. The summed E-state index contributed by atoms with van der Waals surface area (Å²) in [5, 5.41) is 12.5. The zero-order valence-corrected chi connectivity index (χ0v) is 16.3. The molecule has 2 aromatic rings. The van der Waals surface area contributed by atoms with Gasteiger partial charge in [-0.15, -0.1) is 0 Å². The number of rotatable bonds is 3. The molecule has 1 aliphatic carbocycles. The van der Waals surface area contributed by atoms with Gasteiger partial charge in [0, 0.05) is 0 Å². The minimum absolute atomic E-state index is 0.0694. The molecule has 1 fully saturated rings. The molecule has 1 aromatic heterocycles. The summed E-state index contributed by atoms with van der Waals surface area (Å²) in [6, 6.07) is 5.68. The maximum atomic E-state index is 12.5. The Hall–Kier alpha value is -2.58. The molecule has 0 spiro atoms. The maximum Gasteiger partial charge on any atom is 0.253 e. The van der Waals surface area contributed by atoms with Crippen LogP contribution in [-0.2, 0) is 16.0 Å². The highest BCUT2D eigenvalue weighted by molar-refractivity contribution is 5.94. The summed E-state index contributed by atoms with van der Waals surface area (Å²) in [7, 11) is 1.29. The Balaban J connectivity index is 0.000000204. The van der Waals surface area contributed by atoms with E-state index in [0.29, 0.717) is 12.1 Å². The lowest BCUT2D eigenvalue weighted by Crippen LogP contribution is -2.27. The molecule has 3 atom stereocenters. The third-order valence-electron chi connectivity index (χ3n) is 4.93. The summed E-state index contributed by atoms with van der Waals surface area (Å²) in [6.45, 7) is 1.98. The van der Waals surface area contributed by atoms with Crippen molar-refractivity contribution in [3.8, 4) is 5.75 Å². The van der Waals surface area contributed by atoms with Gasteiger partial charge in [-0.1, -0.05) is 6.07 Å². The molecule has 1 saturated heterocycles. The Morgan fingerprint density at radius 3 is 2.76 bits per heavy atom. The third kappa shape index (κ3) is 5.07. The number of benzene rings is 1. The highest BCUT2D eigenvalue weighted by Gasteiger charge is 2.28. The van der Waals surface area contributed by atoms with Gasteiger partial charge in [0.1, 0.15) is 6.10 Å². The van der Waals surface area contributed by atoms with E-state index in [2.05, 4.69) is 15.0 Å². The molecule has 29 heavy (non-hydrogen) atoms. The molecule has 1 aromatic carbocycles. The second kappa shape index (κ2) is 9.28. The maximum absolute atomic E-state index is 12.5. The molecular weight excluding hydrogens is 382 g/mol. The van der Waals surface area contributed by atoms with Crippen molar-refractivity contribution in [2.45, 2.75) is 50.9 Å². The number of aryl methyl sites for hydroxylation is 1. The van der Waals surface area contributed by atoms with Gasteiger partial charge in [-0.2, -0.15) is 4.39 Å². The Morgan fingerprint density at radius 1 is 1.31 bits per heavy atom. The number of ether oxygens (including phenoxy) is 2. The van der Waals surface area contributed by atoms with Crippen LogP contribution in [0.1, 0.15) is 43.5 Å². The Morgan fingerprint density at radius 2 is 2.10 bits per heavy atom. The van der Waals surface area contributed by atoms with Gasteiger partial charge in [0.25, 0.3) is 5.91 Å². The second-order valence-electron chi connectivity index (χ2n) is 7.08. The average Bonchev–Trinajstić information content (AvgIpc) is 3.30. The number of halogens is 2. The van der Waals surface area contributed by atoms with Crippen LogP contribution < -0.4 is 10.1 Å². The number of carbonyl (C=O) groups is 1. The number of nitrogens with zero attached hydrogens (tertiary/aromatic N) is 1. The van der Waals surface area contributed by atoms with E-state index in [0.717, 1.165) is 36.6 Å². The van der Waals surface area contributed by atoms with Gasteiger partial charge < -0.3 is 19.9 Å². The number of amides is 1. The average molecular weight is 406 g/mol. The van der Waals surface area contributed by atoms with Crippen LogP contribution in [-0.4, -0.2) is 35.3 Å². The van der Waals surface area contributed by atoms with Crippen molar-refractivity contribution in [3.05, 3.63) is 53.4 Å². The van der Waals surface area contributed by atoms with Crippen LogP contribution in [0.4, 0.5) is 14.5 Å². The van der Waals surface area contributed by atoms with Gasteiger partial charge in [-0.3, -0.25) is 9.78 Å². The summed E-state index contributed by atoms with van der Waals surface area (Å²) in [5.74, 6) is -2.01. The Bertz CT molecular complexity index is 878. The monoisotopic (exact) mass is 406 g/mol. The predicted molar refractivity (Wildman–Crippen MR) is 103 cm³/mol. The highest BCUT2D eigenvalue weighted by atomic mass is 19.2. The summed E-state index contributed by atoms with van der Waals surface area (Å²) < 4.78 is 34.9. The molecule has 8 heteroatoms. The Labute approximate surface area is 167 Å². The highest BCUT2D eigenvalue weighted by Crippen LogP contribution is 2.30. The number of pyridine rings is 1. The first kappa shape index (κ1) is 21.1. The molecule has 0 bridgehead atoms. The first-order valence-corrected chi connectivity index (χ1v) is 9.50. The van der Waals surface area contributed by atoms with E-state index in [-0.39, 0.29) is 23.9 Å². The lowest BCUT2D eigenvalue weighted by Gasteiger charge is -2.12. The molecule has 0 saturated carbocycles. The molecule has 2 aliphatic rings. The number of aromatic nitrogens is 1. The Kier molecular flexibility index (Phi) is 6.76. The number of aliphatic hydroxyl groups excluding tert-OH is 1. The van der Waals surface area contributed by atoms with Crippen molar-refractivity contribution in [2.24, 2.45) is 0 Å². The first-order chi connectivity index (χ1) is 13.9. The van der Waals surface area contributed by atoms with E-state index in [4.69, 9.17) is 4.74 Å². The van der Waals surface area contributed by atoms with Crippen LogP contribution >= 0.6 is 0 Å². The fourth-order valence-electron chi connectivity index (χ4n) is 3.38.